The standard InChI is InChI=1S/C23H17FINO4/c1-14-6-9-16(13-18(14)24)22(27)26-20(23(28)29)12-15-7-10-17(11-8-15)30-21-5-3-2-4-19(21)25/h2-13H,1H3,(H,26,27)(H,28,29)/b20-12-. The molecule has 0 fully saturated rings. The highest BCUT2D eigenvalue weighted by Crippen LogP contribution is 2.26. The summed E-state index contributed by atoms with van der Waals surface area (Å²) < 4.78 is 20.4. The van der Waals surface area contributed by atoms with E-state index in [0.29, 0.717) is 22.6 Å². The average molecular weight is 517 g/mol. The fraction of sp³-hybridized carbons (Fsp3) is 0.0435. The number of benzene rings is 3. The first kappa shape index (κ1) is 21.5. The molecule has 0 saturated carbocycles. The minimum Gasteiger partial charge on any atom is -0.477 e. The summed E-state index contributed by atoms with van der Waals surface area (Å²) in [5.74, 6) is -1.25. The van der Waals surface area contributed by atoms with Gasteiger partial charge in [-0.25, -0.2) is 9.18 Å². The molecular weight excluding hydrogens is 500 g/mol. The number of rotatable bonds is 6. The van der Waals surface area contributed by atoms with Gasteiger partial charge in [0.1, 0.15) is 23.0 Å². The van der Waals surface area contributed by atoms with Crippen LogP contribution in [0, 0.1) is 16.3 Å². The fourth-order valence-electron chi connectivity index (χ4n) is 2.53. The SMILES string of the molecule is Cc1ccc(C(=O)N/C(=C\c2ccc(Oc3ccccc3I)cc2)C(=O)O)cc1F. The Bertz CT molecular complexity index is 1130. The Morgan fingerprint density at radius 2 is 1.77 bits per heavy atom. The van der Waals surface area contributed by atoms with E-state index in [1.807, 2.05) is 24.3 Å². The second-order valence-corrected chi connectivity index (χ2v) is 7.54. The van der Waals surface area contributed by atoms with Crippen molar-refractivity contribution in [2.75, 3.05) is 0 Å². The molecule has 0 aliphatic heterocycles. The number of hydrogen-bond acceptors (Lipinski definition) is 3. The van der Waals surface area contributed by atoms with Gasteiger partial charge in [0.25, 0.3) is 5.91 Å². The van der Waals surface area contributed by atoms with Gasteiger partial charge in [-0.05, 0) is 83.1 Å². The Hall–Kier alpha value is -3.20. The first-order chi connectivity index (χ1) is 14.3. The maximum absolute atomic E-state index is 13.7. The Kier molecular flexibility index (Phi) is 6.83. The van der Waals surface area contributed by atoms with Crippen LogP contribution < -0.4 is 10.1 Å². The van der Waals surface area contributed by atoms with Gasteiger partial charge < -0.3 is 15.2 Å². The van der Waals surface area contributed by atoms with Crippen molar-refractivity contribution < 1.29 is 23.8 Å². The van der Waals surface area contributed by atoms with Crippen LogP contribution in [0.2, 0.25) is 0 Å². The monoisotopic (exact) mass is 517 g/mol. The molecule has 0 heterocycles. The van der Waals surface area contributed by atoms with Crippen LogP contribution in [0.5, 0.6) is 11.5 Å². The Morgan fingerprint density at radius 3 is 2.40 bits per heavy atom. The van der Waals surface area contributed by atoms with Crippen LogP contribution in [0.3, 0.4) is 0 Å². The molecule has 0 aliphatic rings. The topological polar surface area (TPSA) is 75.6 Å². The molecule has 3 aromatic rings. The predicted octanol–water partition coefficient (Wildman–Crippen LogP) is 5.39. The highest BCUT2D eigenvalue weighted by atomic mass is 127. The van der Waals surface area contributed by atoms with Crippen molar-refractivity contribution in [1.29, 1.82) is 0 Å². The smallest absolute Gasteiger partial charge is 0.352 e. The summed E-state index contributed by atoms with van der Waals surface area (Å²) in [6.45, 7) is 1.58. The Balaban J connectivity index is 1.76. The van der Waals surface area contributed by atoms with E-state index < -0.39 is 17.7 Å². The molecule has 0 bridgehead atoms. The molecule has 0 atom stereocenters. The lowest BCUT2D eigenvalue weighted by molar-refractivity contribution is -0.132. The van der Waals surface area contributed by atoms with Gasteiger partial charge in [-0.15, -0.1) is 0 Å². The summed E-state index contributed by atoms with van der Waals surface area (Å²) in [5.41, 5.74) is 0.657. The van der Waals surface area contributed by atoms with E-state index in [0.717, 1.165) is 9.64 Å². The van der Waals surface area contributed by atoms with Crippen molar-refractivity contribution in [3.8, 4) is 11.5 Å². The first-order valence-electron chi connectivity index (χ1n) is 8.88. The van der Waals surface area contributed by atoms with Crippen LogP contribution in [0.25, 0.3) is 6.08 Å². The predicted molar refractivity (Wildman–Crippen MR) is 120 cm³/mol. The van der Waals surface area contributed by atoms with Crippen LogP contribution in [0.15, 0.2) is 72.4 Å². The zero-order valence-electron chi connectivity index (χ0n) is 15.9. The normalized spacial score (nSPS) is 11.1. The summed E-state index contributed by atoms with van der Waals surface area (Å²) in [7, 11) is 0. The molecule has 3 aromatic carbocycles. The van der Waals surface area contributed by atoms with Gasteiger partial charge in [0.05, 0.1) is 3.57 Å². The van der Waals surface area contributed by atoms with Gasteiger partial charge in [-0.2, -0.15) is 0 Å². The van der Waals surface area contributed by atoms with Gasteiger partial charge in [0.2, 0.25) is 0 Å². The summed E-state index contributed by atoms with van der Waals surface area (Å²) in [4.78, 5) is 23.9. The van der Waals surface area contributed by atoms with Gasteiger partial charge in [-0.3, -0.25) is 4.79 Å². The van der Waals surface area contributed by atoms with E-state index in [-0.39, 0.29) is 11.3 Å². The van der Waals surface area contributed by atoms with E-state index in [9.17, 15) is 19.1 Å². The molecule has 0 unspecified atom stereocenters. The van der Waals surface area contributed by atoms with Crippen LogP contribution in [0.4, 0.5) is 4.39 Å². The number of aliphatic carboxylic acids is 1. The molecule has 0 saturated heterocycles. The second kappa shape index (κ2) is 9.53. The Morgan fingerprint density at radius 1 is 1.07 bits per heavy atom. The average Bonchev–Trinajstić information content (AvgIpc) is 2.72. The van der Waals surface area contributed by atoms with Crippen LogP contribution >= 0.6 is 22.6 Å². The number of carbonyl (C=O) groups excluding carboxylic acids is 1. The van der Waals surface area contributed by atoms with Crippen LogP contribution in [0.1, 0.15) is 21.5 Å². The molecule has 0 aliphatic carbocycles. The maximum atomic E-state index is 13.7. The molecule has 30 heavy (non-hydrogen) atoms. The molecule has 7 heteroatoms. The van der Waals surface area contributed by atoms with Gasteiger partial charge in [0, 0.05) is 5.56 Å². The highest BCUT2D eigenvalue weighted by molar-refractivity contribution is 14.1. The number of hydrogen-bond donors (Lipinski definition) is 2. The second-order valence-electron chi connectivity index (χ2n) is 6.38. The number of carboxylic acids is 1. The zero-order valence-corrected chi connectivity index (χ0v) is 18.0. The number of carboxylic acid groups (broad SMARTS) is 1. The third-order valence-corrected chi connectivity index (χ3v) is 5.06. The van der Waals surface area contributed by atoms with Crippen molar-refractivity contribution in [3.63, 3.8) is 0 Å². The van der Waals surface area contributed by atoms with Crippen molar-refractivity contribution in [2.45, 2.75) is 6.92 Å². The van der Waals surface area contributed by atoms with Crippen LogP contribution in [-0.4, -0.2) is 17.0 Å². The fourth-order valence-corrected chi connectivity index (χ4v) is 3.03. The van der Waals surface area contributed by atoms with Crippen molar-refractivity contribution in [1.82, 2.24) is 5.32 Å². The molecule has 1 amide bonds. The van der Waals surface area contributed by atoms with Crippen molar-refractivity contribution in [2.24, 2.45) is 0 Å². The Labute approximate surface area is 186 Å². The number of halogens is 2. The summed E-state index contributed by atoms with van der Waals surface area (Å²) >= 11 is 2.17. The van der Waals surface area contributed by atoms with E-state index in [1.54, 1.807) is 31.2 Å². The number of carbonyl (C=O) groups is 2. The number of ether oxygens (including phenoxy) is 1. The minimum absolute atomic E-state index is 0.0338. The largest absolute Gasteiger partial charge is 0.477 e. The molecule has 152 valence electrons. The summed E-state index contributed by atoms with van der Waals surface area (Å²) in [6, 6.07) is 18.3. The number of para-hydroxylation sites is 1. The van der Waals surface area contributed by atoms with Crippen molar-refractivity contribution in [3.05, 3.63) is 98.5 Å². The van der Waals surface area contributed by atoms with E-state index in [4.69, 9.17) is 4.74 Å². The number of aryl methyl sites for hydroxylation is 1. The number of amides is 1. The summed E-state index contributed by atoms with van der Waals surface area (Å²) in [6.07, 6.45) is 1.32. The van der Waals surface area contributed by atoms with E-state index >= 15 is 0 Å². The van der Waals surface area contributed by atoms with E-state index in [2.05, 4.69) is 27.9 Å². The zero-order chi connectivity index (χ0) is 21.7. The van der Waals surface area contributed by atoms with Gasteiger partial charge in [0.15, 0.2) is 0 Å². The van der Waals surface area contributed by atoms with Gasteiger partial charge >= 0.3 is 5.97 Å². The lowest BCUT2D eigenvalue weighted by atomic mass is 10.1. The molecule has 2 N–H and O–H groups in total. The molecule has 0 radical (unpaired) electrons. The first-order valence-corrected chi connectivity index (χ1v) is 9.96. The third kappa shape index (κ3) is 5.44. The lowest BCUT2D eigenvalue weighted by Crippen LogP contribution is -2.27. The molecule has 0 aromatic heterocycles. The number of nitrogens with one attached hydrogen (secondary N) is 1. The molecule has 3 rings (SSSR count). The van der Waals surface area contributed by atoms with Crippen molar-refractivity contribution >= 4 is 40.5 Å². The lowest BCUT2D eigenvalue weighted by Gasteiger charge is -2.09. The molecule has 5 nitrogen and oxygen atoms in total. The third-order valence-electron chi connectivity index (χ3n) is 4.17. The summed E-state index contributed by atoms with van der Waals surface area (Å²) in [5, 5.41) is 11.7. The van der Waals surface area contributed by atoms with E-state index in [1.165, 1.54) is 18.2 Å². The molecular formula is C23H17FINO4. The minimum atomic E-state index is -1.31. The highest BCUT2D eigenvalue weighted by Gasteiger charge is 2.14. The molecule has 0 spiro atoms. The quantitative estimate of drug-likeness (QED) is 0.340. The maximum Gasteiger partial charge on any atom is 0.352 e. The van der Waals surface area contributed by atoms with Crippen LogP contribution in [-0.2, 0) is 4.79 Å². The van der Waals surface area contributed by atoms with Gasteiger partial charge in [-0.1, -0.05) is 30.3 Å².